The molecule has 9 nitrogen and oxygen atoms in total. The van der Waals surface area contributed by atoms with Gasteiger partial charge in [0.2, 0.25) is 11.9 Å². The third kappa shape index (κ3) is 3.96. The van der Waals surface area contributed by atoms with Gasteiger partial charge in [0.25, 0.3) is 0 Å². The number of ether oxygens (including phenoxy) is 1. The molecule has 0 unspecified atom stereocenters. The average Bonchev–Trinajstić information content (AvgIpc) is 3.50. The molecule has 38 heavy (non-hydrogen) atoms. The third-order valence-electron chi connectivity index (χ3n) is 7.36. The summed E-state index contributed by atoms with van der Waals surface area (Å²) in [5.74, 6) is 2.96. The quantitative estimate of drug-likeness (QED) is 0.360. The number of H-pyrrole nitrogens is 1. The van der Waals surface area contributed by atoms with Crippen LogP contribution in [0, 0.1) is 6.92 Å². The number of imidazole rings is 1. The molecule has 2 aliphatic heterocycles. The summed E-state index contributed by atoms with van der Waals surface area (Å²) < 4.78 is 8.20. The van der Waals surface area contributed by atoms with E-state index in [0.29, 0.717) is 18.7 Å². The van der Waals surface area contributed by atoms with Crippen molar-refractivity contribution < 1.29 is 9.53 Å². The highest BCUT2D eigenvalue weighted by Crippen LogP contribution is 2.34. The normalized spacial score (nSPS) is 14.8. The number of fused-ring (bicyclic) bond motifs is 3. The average molecular weight is 506 g/mol. The van der Waals surface area contributed by atoms with Crippen LogP contribution in [0.5, 0.6) is 11.5 Å². The second-order valence-electron chi connectivity index (χ2n) is 9.98. The zero-order valence-electron chi connectivity index (χ0n) is 21.3. The number of hydrogen-bond acceptors (Lipinski definition) is 6. The van der Waals surface area contributed by atoms with E-state index in [2.05, 4.69) is 61.7 Å². The van der Waals surface area contributed by atoms with Crippen LogP contribution in [-0.4, -0.2) is 37.2 Å². The van der Waals surface area contributed by atoms with Crippen LogP contribution >= 0.6 is 0 Å². The van der Waals surface area contributed by atoms with Crippen LogP contribution in [-0.2, 0) is 31.2 Å². The Balaban J connectivity index is 1.14. The molecule has 0 radical (unpaired) electrons. The molecule has 5 heterocycles. The first-order valence-corrected chi connectivity index (χ1v) is 12.8. The Kier molecular flexibility index (Phi) is 5.17. The van der Waals surface area contributed by atoms with Crippen molar-refractivity contribution in [3.05, 3.63) is 77.1 Å². The van der Waals surface area contributed by atoms with Gasteiger partial charge < -0.3 is 19.9 Å². The van der Waals surface area contributed by atoms with Crippen LogP contribution in [0.1, 0.15) is 28.8 Å². The van der Waals surface area contributed by atoms with Gasteiger partial charge in [-0.2, -0.15) is 5.10 Å². The topological polar surface area (TPSA) is 101 Å². The Morgan fingerprint density at radius 2 is 1.92 bits per heavy atom. The lowest BCUT2D eigenvalue weighted by atomic mass is 9.99. The molecule has 2 aromatic carbocycles. The standard InChI is InChI=1S/C29H27N7O2/c1-17-13-25(35(2)34-17)19-4-7-23-24(15-19)32-29(31-23)36-12-10-18-3-5-21(14-20(18)16-36)38-26-9-11-30-28-22(26)6-8-27(37)33-28/h3-5,7,9,11,13-15H,6,8,10,12,16H2,1-2H3,(H,31,32)(H,30,33,37). The highest BCUT2D eigenvalue weighted by atomic mass is 16.5. The van der Waals surface area contributed by atoms with Gasteiger partial charge in [0.05, 0.1) is 22.4 Å². The van der Waals surface area contributed by atoms with Gasteiger partial charge in [-0.3, -0.25) is 9.48 Å². The molecule has 0 saturated carbocycles. The lowest BCUT2D eigenvalue weighted by Gasteiger charge is -2.29. The molecule has 0 saturated heterocycles. The number of anilines is 2. The number of aromatic amines is 1. The van der Waals surface area contributed by atoms with Gasteiger partial charge in [0, 0.05) is 43.9 Å². The van der Waals surface area contributed by atoms with E-state index >= 15 is 0 Å². The van der Waals surface area contributed by atoms with E-state index in [4.69, 9.17) is 9.72 Å². The van der Waals surface area contributed by atoms with E-state index in [1.54, 1.807) is 6.20 Å². The maximum absolute atomic E-state index is 11.7. The molecule has 3 aromatic heterocycles. The van der Waals surface area contributed by atoms with Crippen LogP contribution in [0.4, 0.5) is 11.8 Å². The molecular formula is C29H27N7O2. The molecule has 2 N–H and O–H groups in total. The van der Waals surface area contributed by atoms with E-state index < -0.39 is 0 Å². The number of carbonyl (C=O) groups excluding carboxylic acids is 1. The zero-order chi connectivity index (χ0) is 25.8. The fraction of sp³-hybridized carbons (Fsp3) is 0.241. The van der Waals surface area contributed by atoms with Crippen molar-refractivity contribution in [2.45, 2.75) is 32.7 Å². The van der Waals surface area contributed by atoms with Crippen LogP contribution < -0.4 is 15.0 Å². The summed E-state index contributed by atoms with van der Waals surface area (Å²) in [6.07, 6.45) is 3.66. The predicted molar refractivity (Wildman–Crippen MR) is 145 cm³/mol. The van der Waals surface area contributed by atoms with E-state index in [9.17, 15) is 4.79 Å². The summed E-state index contributed by atoms with van der Waals surface area (Å²) in [6, 6.07) is 16.5. The maximum atomic E-state index is 11.7. The molecular weight excluding hydrogens is 478 g/mol. The number of nitrogens with zero attached hydrogens (tertiary/aromatic N) is 5. The van der Waals surface area contributed by atoms with Crippen LogP contribution in [0.2, 0.25) is 0 Å². The molecule has 0 aliphatic carbocycles. The first kappa shape index (κ1) is 22.5. The first-order chi connectivity index (χ1) is 18.5. The first-order valence-electron chi connectivity index (χ1n) is 12.8. The van der Waals surface area contributed by atoms with Crippen molar-refractivity contribution in [3.63, 3.8) is 0 Å². The highest BCUT2D eigenvalue weighted by Gasteiger charge is 2.22. The van der Waals surface area contributed by atoms with Gasteiger partial charge in [-0.1, -0.05) is 12.1 Å². The molecule has 0 fully saturated rings. The number of aryl methyl sites for hydroxylation is 2. The lowest BCUT2D eigenvalue weighted by molar-refractivity contribution is -0.116. The van der Waals surface area contributed by atoms with Gasteiger partial charge in [-0.15, -0.1) is 0 Å². The van der Waals surface area contributed by atoms with E-state index in [1.807, 2.05) is 30.8 Å². The molecule has 9 heteroatoms. The molecule has 2 aliphatic rings. The second kappa shape index (κ2) is 8.72. The molecule has 5 aromatic rings. The SMILES string of the molecule is Cc1cc(-c2ccc3nc(N4CCc5ccc(Oc6ccnc7c6CCC(=O)N7)cc5C4)[nH]c3c2)n(C)n1. The maximum Gasteiger partial charge on any atom is 0.225 e. The molecule has 0 bridgehead atoms. The number of pyridine rings is 1. The zero-order valence-corrected chi connectivity index (χ0v) is 21.3. The van der Waals surface area contributed by atoms with Crippen molar-refractivity contribution in [2.75, 3.05) is 16.8 Å². The Morgan fingerprint density at radius 3 is 2.79 bits per heavy atom. The number of aromatic nitrogens is 5. The number of carbonyl (C=O) groups is 1. The van der Waals surface area contributed by atoms with Gasteiger partial charge in [0.15, 0.2) is 0 Å². The van der Waals surface area contributed by atoms with Crippen molar-refractivity contribution >= 4 is 28.7 Å². The number of benzene rings is 2. The minimum Gasteiger partial charge on any atom is -0.457 e. The minimum atomic E-state index is -0.00935. The predicted octanol–water partition coefficient (Wildman–Crippen LogP) is 4.91. The molecule has 7 rings (SSSR count). The fourth-order valence-corrected chi connectivity index (χ4v) is 5.44. The number of amides is 1. The molecule has 1 amide bonds. The Morgan fingerprint density at radius 1 is 1.00 bits per heavy atom. The van der Waals surface area contributed by atoms with Crippen molar-refractivity contribution in [1.82, 2.24) is 24.7 Å². The van der Waals surface area contributed by atoms with Crippen LogP contribution in [0.25, 0.3) is 22.3 Å². The summed E-state index contributed by atoms with van der Waals surface area (Å²) >= 11 is 0. The number of nitrogens with one attached hydrogen (secondary N) is 2. The smallest absolute Gasteiger partial charge is 0.225 e. The highest BCUT2D eigenvalue weighted by molar-refractivity contribution is 5.93. The van der Waals surface area contributed by atoms with Crippen LogP contribution in [0.15, 0.2) is 54.7 Å². The molecule has 0 atom stereocenters. The van der Waals surface area contributed by atoms with Gasteiger partial charge in [-0.25, -0.2) is 9.97 Å². The fourth-order valence-electron chi connectivity index (χ4n) is 5.44. The number of hydrogen-bond donors (Lipinski definition) is 2. The van der Waals surface area contributed by atoms with Crippen LogP contribution in [0.3, 0.4) is 0 Å². The summed E-state index contributed by atoms with van der Waals surface area (Å²) in [5.41, 5.74) is 8.62. The Labute approximate surface area is 219 Å². The lowest BCUT2D eigenvalue weighted by Crippen LogP contribution is -2.31. The van der Waals surface area contributed by atoms with Gasteiger partial charge in [0.1, 0.15) is 17.3 Å². The summed E-state index contributed by atoms with van der Waals surface area (Å²) in [6.45, 7) is 3.63. The molecule has 190 valence electrons. The third-order valence-corrected chi connectivity index (χ3v) is 7.36. The largest absolute Gasteiger partial charge is 0.457 e. The van der Waals surface area contributed by atoms with Crippen molar-refractivity contribution in [2.24, 2.45) is 7.05 Å². The summed E-state index contributed by atoms with van der Waals surface area (Å²) in [4.78, 5) is 26.8. The second-order valence-corrected chi connectivity index (χ2v) is 9.98. The Bertz CT molecular complexity index is 1720. The molecule has 0 spiro atoms. The summed E-state index contributed by atoms with van der Waals surface area (Å²) in [5, 5.41) is 7.31. The van der Waals surface area contributed by atoms with Gasteiger partial charge in [-0.05, 0) is 67.3 Å². The summed E-state index contributed by atoms with van der Waals surface area (Å²) in [7, 11) is 1.97. The number of rotatable bonds is 4. The van der Waals surface area contributed by atoms with Gasteiger partial charge >= 0.3 is 0 Å². The van der Waals surface area contributed by atoms with E-state index in [-0.39, 0.29) is 5.91 Å². The van der Waals surface area contributed by atoms with Crippen molar-refractivity contribution in [3.8, 4) is 22.8 Å². The van der Waals surface area contributed by atoms with Crippen molar-refractivity contribution in [1.29, 1.82) is 0 Å². The minimum absolute atomic E-state index is 0.00935. The monoisotopic (exact) mass is 505 g/mol. The van der Waals surface area contributed by atoms with E-state index in [1.165, 1.54) is 11.1 Å². The Hall–Kier alpha value is -4.66. The van der Waals surface area contributed by atoms with E-state index in [0.717, 1.165) is 70.5 Å².